The highest BCUT2D eigenvalue weighted by Crippen LogP contribution is 2.45. The van der Waals surface area contributed by atoms with E-state index in [9.17, 15) is 14.7 Å². The average Bonchev–Trinajstić information content (AvgIpc) is 3.43. The Morgan fingerprint density at radius 3 is 2.58 bits per heavy atom. The Bertz CT molecular complexity index is 1710. The number of rotatable bonds is 13. The third kappa shape index (κ3) is 7.68. The minimum absolute atomic E-state index is 0.0288. The Morgan fingerprint density at radius 2 is 1.84 bits per heavy atom. The zero-order chi connectivity index (χ0) is 31.6. The van der Waals surface area contributed by atoms with Gasteiger partial charge in [-0.3, -0.25) is 10.2 Å². The highest BCUT2D eigenvalue weighted by molar-refractivity contribution is 9.10. The lowest BCUT2D eigenvalue weighted by atomic mass is 9.81. The highest BCUT2D eigenvalue weighted by atomic mass is 79.9. The van der Waals surface area contributed by atoms with Crippen molar-refractivity contribution in [3.63, 3.8) is 0 Å². The number of benzene rings is 4. The van der Waals surface area contributed by atoms with Gasteiger partial charge in [-0.2, -0.15) is 0 Å². The molecule has 10 nitrogen and oxygen atoms in total. The van der Waals surface area contributed by atoms with Gasteiger partial charge in [-0.1, -0.05) is 69.6 Å². The number of hydrogen-bond acceptors (Lipinski definition) is 7. The molecule has 0 bridgehead atoms. The van der Waals surface area contributed by atoms with Crippen LogP contribution in [0.4, 0.5) is 10.1 Å². The van der Waals surface area contributed by atoms with Crippen LogP contribution in [0, 0.1) is 5.82 Å². The quantitative estimate of drug-likeness (QED) is 0.0482. The second-order valence-electron chi connectivity index (χ2n) is 10.3. The fourth-order valence-electron chi connectivity index (χ4n) is 5.00. The van der Waals surface area contributed by atoms with Gasteiger partial charge in [0.1, 0.15) is 11.6 Å². The van der Waals surface area contributed by atoms with Crippen LogP contribution in [0.1, 0.15) is 34.8 Å². The van der Waals surface area contributed by atoms with Crippen molar-refractivity contribution >= 4 is 33.4 Å². The molecule has 5 rings (SSSR count). The first-order valence-electron chi connectivity index (χ1n) is 14.2. The normalized spacial score (nSPS) is 17.1. The molecule has 3 N–H and O–H groups in total. The first-order chi connectivity index (χ1) is 21.9. The molecule has 0 spiro atoms. The Balaban J connectivity index is 1.56. The van der Waals surface area contributed by atoms with Gasteiger partial charge < -0.3 is 14.6 Å². The van der Waals surface area contributed by atoms with E-state index in [1.54, 1.807) is 60.7 Å². The summed E-state index contributed by atoms with van der Waals surface area (Å²) < 4.78 is 26.8. The molecular weight excluding hydrogens is 643 g/mol. The largest absolute Gasteiger partial charge is 0.494 e. The summed E-state index contributed by atoms with van der Waals surface area (Å²) in [6.07, 6.45) is -0.353. The fraction of sp³-hybridized carbons (Fsp3) is 0.212. The van der Waals surface area contributed by atoms with Crippen LogP contribution in [0.15, 0.2) is 112 Å². The smallest absolute Gasteiger partial charge is 0.266 e. The molecule has 0 fully saturated rings. The molecule has 45 heavy (non-hydrogen) atoms. The molecule has 0 saturated heterocycles. The van der Waals surface area contributed by atoms with Gasteiger partial charge in [0.25, 0.3) is 5.91 Å². The van der Waals surface area contributed by atoms with E-state index in [4.69, 9.17) is 19.6 Å². The number of amides is 1. The number of hydrogen-bond donors (Lipinski definition) is 3. The lowest BCUT2D eigenvalue weighted by molar-refractivity contribution is -0.130. The topological polar surface area (TPSA) is 141 Å². The maximum absolute atomic E-state index is 14.3. The Labute approximate surface area is 267 Å². The molecule has 2 atom stereocenters. The number of aliphatic imine (C=N–C) groups is 1. The summed E-state index contributed by atoms with van der Waals surface area (Å²) in [7, 11) is 0. The molecular formula is C33H30BrFN6O4. The van der Waals surface area contributed by atoms with Crippen molar-refractivity contribution < 1.29 is 23.8 Å². The number of carbonyl (C=O) groups is 1. The number of ether oxygens (including phenoxy) is 2. The van der Waals surface area contributed by atoms with Crippen LogP contribution in [-0.2, 0) is 22.5 Å². The van der Waals surface area contributed by atoms with Crippen molar-refractivity contribution in [3.8, 4) is 5.75 Å². The third-order valence-electron chi connectivity index (χ3n) is 7.17. The first-order valence-corrected chi connectivity index (χ1v) is 15.0. The monoisotopic (exact) mass is 672 g/mol. The van der Waals surface area contributed by atoms with Crippen LogP contribution in [0.25, 0.3) is 10.4 Å². The number of aliphatic hydroxyl groups is 1. The zero-order valence-electron chi connectivity index (χ0n) is 24.1. The number of nitrogens with one attached hydrogen (secondary N) is 2. The van der Waals surface area contributed by atoms with Gasteiger partial charge in [-0.05, 0) is 65.2 Å². The van der Waals surface area contributed by atoms with E-state index in [-0.39, 0.29) is 31.3 Å². The van der Waals surface area contributed by atoms with E-state index in [0.29, 0.717) is 41.2 Å². The number of hydrazine groups is 1. The summed E-state index contributed by atoms with van der Waals surface area (Å²) >= 11 is 3.47. The number of carbonyl (C=O) groups excluding carboxylic acids is 1. The standard InChI is InChI=1S/C33H30BrFN6O4/c34-25-13-9-22(10-14-25)20-33(32(43)40-37-21-23-5-3-6-26(35)19-23)30(28-7-1-2-8-29(28)39-41-36)45-31(38-33)24-11-15-27(16-12-24)44-18-4-17-42/h1-3,5-16,19,30,37,42H,4,17-18,20-21H2,(H,40,43)/t30-,33-/m0/s1. The van der Waals surface area contributed by atoms with Crippen molar-refractivity contribution in [2.24, 2.45) is 10.1 Å². The van der Waals surface area contributed by atoms with Gasteiger partial charge in [0, 0.05) is 52.2 Å². The molecule has 0 aromatic heterocycles. The summed E-state index contributed by atoms with van der Waals surface area (Å²) in [5.74, 6) is -0.0571. The van der Waals surface area contributed by atoms with Crippen LogP contribution in [0.3, 0.4) is 0 Å². The molecule has 230 valence electrons. The van der Waals surface area contributed by atoms with Crippen LogP contribution in [-0.4, -0.2) is 35.7 Å². The maximum Gasteiger partial charge on any atom is 0.266 e. The van der Waals surface area contributed by atoms with Crippen LogP contribution in [0.5, 0.6) is 5.75 Å². The van der Waals surface area contributed by atoms with Gasteiger partial charge in [0.05, 0.1) is 6.61 Å². The van der Waals surface area contributed by atoms with Gasteiger partial charge in [0.15, 0.2) is 11.6 Å². The Morgan fingerprint density at radius 1 is 1.07 bits per heavy atom. The summed E-state index contributed by atoms with van der Waals surface area (Å²) in [5, 5.41) is 12.9. The lowest BCUT2D eigenvalue weighted by Crippen LogP contribution is -2.53. The van der Waals surface area contributed by atoms with Crippen LogP contribution >= 0.6 is 15.9 Å². The zero-order valence-corrected chi connectivity index (χ0v) is 25.7. The molecule has 1 aliphatic rings. The third-order valence-corrected chi connectivity index (χ3v) is 7.70. The first kappa shape index (κ1) is 31.7. The number of aliphatic hydroxyl groups excluding tert-OH is 1. The van der Waals surface area contributed by atoms with Crippen molar-refractivity contribution in [2.75, 3.05) is 13.2 Å². The molecule has 1 amide bonds. The summed E-state index contributed by atoms with van der Waals surface area (Å²) in [5.41, 5.74) is 16.3. The molecule has 0 aliphatic carbocycles. The van der Waals surface area contributed by atoms with Crippen molar-refractivity contribution in [2.45, 2.75) is 31.0 Å². The maximum atomic E-state index is 14.3. The Kier molecular flexibility index (Phi) is 10.4. The second-order valence-corrected chi connectivity index (χ2v) is 11.2. The predicted octanol–water partition coefficient (Wildman–Crippen LogP) is 6.61. The predicted molar refractivity (Wildman–Crippen MR) is 171 cm³/mol. The van der Waals surface area contributed by atoms with Gasteiger partial charge in [-0.15, -0.1) is 0 Å². The molecule has 0 saturated carbocycles. The number of azide groups is 1. The minimum Gasteiger partial charge on any atom is -0.494 e. The molecule has 1 aliphatic heterocycles. The molecule has 12 heteroatoms. The van der Waals surface area contributed by atoms with E-state index in [0.717, 1.165) is 10.0 Å². The lowest BCUT2D eigenvalue weighted by Gasteiger charge is -2.31. The molecule has 0 radical (unpaired) electrons. The summed E-state index contributed by atoms with van der Waals surface area (Å²) in [6.45, 7) is 0.554. The van der Waals surface area contributed by atoms with Crippen molar-refractivity contribution in [1.82, 2.24) is 10.9 Å². The number of halogens is 2. The SMILES string of the molecule is [N-]=[N+]=Nc1ccccc1[C@@H]1OC(c2ccc(OCCCO)cc2)=N[C@]1(Cc1ccc(Br)cc1)C(=O)NNCc1cccc(F)c1. The van der Waals surface area contributed by atoms with Crippen LogP contribution < -0.4 is 15.6 Å². The fourth-order valence-corrected chi connectivity index (χ4v) is 5.27. The highest BCUT2D eigenvalue weighted by Gasteiger charge is 2.54. The molecule has 4 aromatic rings. The van der Waals surface area contributed by atoms with Gasteiger partial charge in [-0.25, -0.2) is 14.8 Å². The summed E-state index contributed by atoms with van der Waals surface area (Å²) in [6, 6.07) is 27.6. The summed E-state index contributed by atoms with van der Waals surface area (Å²) in [4.78, 5) is 22.3. The van der Waals surface area contributed by atoms with E-state index < -0.39 is 17.6 Å². The van der Waals surface area contributed by atoms with E-state index in [1.165, 1.54) is 12.1 Å². The molecule has 0 unspecified atom stereocenters. The van der Waals surface area contributed by atoms with E-state index in [1.807, 2.05) is 24.3 Å². The van der Waals surface area contributed by atoms with Crippen LogP contribution in [0.2, 0.25) is 0 Å². The van der Waals surface area contributed by atoms with E-state index in [2.05, 4.69) is 36.8 Å². The average molecular weight is 674 g/mol. The van der Waals surface area contributed by atoms with Crippen molar-refractivity contribution in [1.29, 1.82) is 0 Å². The Hall–Kier alpha value is -4.74. The minimum atomic E-state index is -1.56. The van der Waals surface area contributed by atoms with Gasteiger partial charge >= 0.3 is 0 Å². The molecule has 1 heterocycles. The number of nitrogens with zero attached hydrogens (tertiary/aromatic N) is 4. The van der Waals surface area contributed by atoms with Gasteiger partial charge in [0.2, 0.25) is 5.90 Å². The van der Waals surface area contributed by atoms with E-state index >= 15 is 0 Å². The second kappa shape index (κ2) is 14.8. The van der Waals surface area contributed by atoms with Crippen molar-refractivity contribution in [3.05, 3.63) is 140 Å². The molecule has 4 aromatic carbocycles.